The van der Waals surface area contributed by atoms with E-state index >= 15 is 8.78 Å². The zero-order valence-electron chi connectivity index (χ0n) is 25.6. The van der Waals surface area contributed by atoms with Crippen LogP contribution in [0.2, 0.25) is 0 Å². The number of fused-ring (bicyclic) bond motifs is 1. The van der Waals surface area contributed by atoms with Gasteiger partial charge in [-0.15, -0.1) is 0 Å². The minimum atomic E-state index is -3.08. The summed E-state index contributed by atoms with van der Waals surface area (Å²) in [4.78, 5) is 37.9. The van der Waals surface area contributed by atoms with Crippen molar-refractivity contribution in [2.24, 2.45) is 7.05 Å². The Hall–Kier alpha value is -4.46. The SMILES string of the molecule is C[C@@H]1CN(C(=O)COC(C)(C)C)CCN1c1ncc(-c2c(F)cc3c(=O)n(C)n(Cc4ccccc4OC(F)F)c3c2F)cn1. The van der Waals surface area contributed by atoms with E-state index < -0.39 is 35.0 Å². The smallest absolute Gasteiger partial charge is 0.387 e. The first-order valence-corrected chi connectivity index (χ1v) is 14.4. The molecule has 240 valence electrons. The van der Waals surface area contributed by atoms with Crippen LogP contribution in [0.15, 0.2) is 47.5 Å². The first kappa shape index (κ1) is 31.9. The number of ether oxygens (including phenoxy) is 2. The Morgan fingerprint density at radius 2 is 1.80 bits per heavy atom. The first-order chi connectivity index (χ1) is 21.2. The van der Waals surface area contributed by atoms with Gasteiger partial charge in [-0.1, -0.05) is 18.2 Å². The Kier molecular flexibility index (Phi) is 8.88. The van der Waals surface area contributed by atoms with Crippen molar-refractivity contribution in [1.82, 2.24) is 24.2 Å². The van der Waals surface area contributed by atoms with E-state index in [0.29, 0.717) is 25.6 Å². The Bertz CT molecular complexity index is 1770. The van der Waals surface area contributed by atoms with Crippen LogP contribution < -0.4 is 15.2 Å². The summed E-state index contributed by atoms with van der Waals surface area (Å²) in [5.41, 5.74) is -1.43. The summed E-state index contributed by atoms with van der Waals surface area (Å²) in [6.07, 6.45) is 2.60. The first-order valence-electron chi connectivity index (χ1n) is 14.4. The molecule has 0 saturated carbocycles. The maximum atomic E-state index is 16.2. The molecule has 1 atom stereocenters. The van der Waals surface area contributed by atoms with Crippen LogP contribution in [0.1, 0.15) is 33.3 Å². The second-order valence-corrected chi connectivity index (χ2v) is 11.9. The average molecular weight is 631 g/mol. The van der Waals surface area contributed by atoms with Crippen molar-refractivity contribution >= 4 is 22.8 Å². The molecule has 3 heterocycles. The van der Waals surface area contributed by atoms with Gasteiger partial charge in [-0.3, -0.25) is 19.0 Å². The highest BCUT2D eigenvalue weighted by atomic mass is 19.3. The molecule has 0 unspecified atom stereocenters. The van der Waals surface area contributed by atoms with Crippen LogP contribution >= 0.6 is 0 Å². The minimum absolute atomic E-state index is 0.0197. The van der Waals surface area contributed by atoms with Crippen LogP contribution in [-0.2, 0) is 23.1 Å². The molecule has 1 amide bonds. The Morgan fingerprint density at radius 3 is 2.44 bits per heavy atom. The number of nitrogens with zero attached hydrogens (tertiary/aromatic N) is 6. The van der Waals surface area contributed by atoms with Crippen LogP contribution in [-0.4, -0.2) is 74.6 Å². The lowest BCUT2D eigenvalue weighted by molar-refractivity contribution is -0.141. The number of hydrogen-bond donors (Lipinski definition) is 0. The Balaban J connectivity index is 1.42. The molecule has 10 nitrogen and oxygen atoms in total. The van der Waals surface area contributed by atoms with Gasteiger partial charge in [0.1, 0.15) is 23.7 Å². The number of para-hydroxylation sites is 1. The zero-order valence-corrected chi connectivity index (χ0v) is 25.6. The van der Waals surface area contributed by atoms with E-state index in [2.05, 4.69) is 14.7 Å². The molecule has 0 spiro atoms. The number of benzene rings is 2. The molecule has 1 aliphatic heterocycles. The minimum Gasteiger partial charge on any atom is -0.434 e. The highest BCUT2D eigenvalue weighted by Gasteiger charge is 2.30. The van der Waals surface area contributed by atoms with Crippen molar-refractivity contribution in [2.45, 2.75) is 52.5 Å². The lowest BCUT2D eigenvalue weighted by Gasteiger charge is -2.40. The number of halogens is 4. The number of piperazine rings is 1. The number of anilines is 1. The Labute approximate surface area is 256 Å². The van der Waals surface area contributed by atoms with Gasteiger partial charge in [-0.25, -0.2) is 18.7 Å². The molecule has 0 N–H and O–H groups in total. The predicted octanol–water partition coefficient (Wildman–Crippen LogP) is 4.58. The zero-order chi connectivity index (χ0) is 32.6. The summed E-state index contributed by atoms with van der Waals surface area (Å²) in [7, 11) is 1.37. The molecular formula is C31H34F4N6O4. The third kappa shape index (κ3) is 6.65. The quantitative estimate of drug-likeness (QED) is 0.263. The van der Waals surface area contributed by atoms with Crippen molar-refractivity contribution < 1.29 is 31.8 Å². The molecule has 5 rings (SSSR count). The van der Waals surface area contributed by atoms with Gasteiger partial charge >= 0.3 is 6.61 Å². The molecule has 0 radical (unpaired) electrons. The second-order valence-electron chi connectivity index (χ2n) is 11.9. The molecule has 45 heavy (non-hydrogen) atoms. The summed E-state index contributed by atoms with van der Waals surface area (Å²) >= 11 is 0. The van der Waals surface area contributed by atoms with Crippen LogP contribution in [0.5, 0.6) is 5.75 Å². The van der Waals surface area contributed by atoms with Crippen LogP contribution in [0.25, 0.3) is 22.0 Å². The Morgan fingerprint density at radius 1 is 1.11 bits per heavy atom. The average Bonchev–Trinajstić information content (AvgIpc) is 3.21. The fourth-order valence-electron chi connectivity index (χ4n) is 5.36. The van der Waals surface area contributed by atoms with Gasteiger partial charge in [0.15, 0.2) is 5.82 Å². The van der Waals surface area contributed by atoms with Crippen molar-refractivity contribution in [3.05, 3.63) is 70.3 Å². The molecular weight excluding hydrogens is 596 g/mol. The molecule has 1 saturated heterocycles. The van der Waals surface area contributed by atoms with E-state index in [1.165, 1.54) is 42.3 Å². The third-order valence-corrected chi connectivity index (χ3v) is 7.64. The maximum Gasteiger partial charge on any atom is 0.387 e. The lowest BCUT2D eigenvalue weighted by atomic mass is 10.1. The van der Waals surface area contributed by atoms with Gasteiger partial charge in [0, 0.05) is 56.2 Å². The summed E-state index contributed by atoms with van der Waals surface area (Å²) in [6.45, 7) is 5.56. The second kappa shape index (κ2) is 12.5. The van der Waals surface area contributed by atoms with Crippen LogP contribution in [0, 0.1) is 11.6 Å². The molecule has 2 aromatic carbocycles. The molecule has 0 bridgehead atoms. The van der Waals surface area contributed by atoms with Crippen molar-refractivity contribution in [2.75, 3.05) is 31.1 Å². The summed E-state index contributed by atoms with van der Waals surface area (Å²) in [6, 6.07) is 6.77. The number of rotatable bonds is 8. The van der Waals surface area contributed by atoms with Gasteiger partial charge < -0.3 is 19.3 Å². The monoisotopic (exact) mass is 630 g/mol. The number of amides is 1. The lowest BCUT2D eigenvalue weighted by Crippen LogP contribution is -2.55. The standard InChI is InChI=1S/C31H34F4N6O4/c1-18-15-39(24(42)17-44-31(2,3)4)10-11-40(18)30-36-13-20(14-37-30)25-22(32)12-21-27(26(25)33)41(38(5)28(21)43)16-19-8-6-7-9-23(19)45-29(34)35/h6-9,12-14,18,29H,10-11,15-17H2,1-5H3/t18-/m1/s1. The number of hydrogen-bond acceptors (Lipinski definition) is 7. The molecule has 1 fully saturated rings. The van der Waals surface area contributed by atoms with Crippen molar-refractivity contribution in [3.63, 3.8) is 0 Å². The van der Waals surface area contributed by atoms with Crippen LogP contribution in [0.4, 0.5) is 23.5 Å². The van der Waals surface area contributed by atoms with E-state index in [1.54, 1.807) is 11.0 Å². The van der Waals surface area contributed by atoms with Gasteiger partial charge in [0.25, 0.3) is 5.56 Å². The van der Waals surface area contributed by atoms with Crippen molar-refractivity contribution in [1.29, 1.82) is 0 Å². The highest BCUT2D eigenvalue weighted by Crippen LogP contribution is 2.32. The van der Waals surface area contributed by atoms with E-state index in [-0.39, 0.29) is 52.9 Å². The van der Waals surface area contributed by atoms with E-state index in [1.807, 2.05) is 32.6 Å². The van der Waals surface area contributed by atoms with E-state index in [0.717, 1.165) is 10.7 Å². The molecule has 4 aromatic rings. The normalized spacial score (nSPS) is 15.7. The van der Waals surface area contributed by atoms with E-state index in [4.69, 9.17) is 4.74 Å². The number of carbonyl (C=O) groups excluding carboxylic acids is 1. The summed E-state index contributed by atoms with van der Waals surface area (Å²) in [5.74, 6) is -1.92. The maximum absolute atomic E-state index is 16.2. The highest BCUT2D eigenvalue weighted by molar-refractivity contribution is 5.86. The topological polar surface area (TPSA) is 94.7 Å². The number of alkyl halides is 2. The molecule has 1 aliphatic rings. The van der Waals surface area contributed by atoms with Gasteiger partial charge in [-0.2, -0.15) is 8.78 Å². The van der Waals surface area contributed by atoms with Crippen molar-refractivity contribution in [3.8, 4) is 16.9 Å². The number of aromatic nitrogens is 4. The summed E-state index contributed by atoms with van der Waals surface area (Å²) in [5, 5.41) is -0.213. The van der Waals surface area contributed by atoms with Gasteiger partial charge in [-0.05, 0) is 39.8 Å². The van der Waals surface area contributed by atoms with Crippen LogP contribution in [0.3, 0.4) is 0 Å². The predicted molar refractivity (Wildman–Crippen MR) is 159 cm³/mol. The van der Waals surface area contributed by atoms with Gasteiger partial charge in [0.05, 0.1) is 23.1 Å². The number of carbonyl (C=O) groups is 1. The largest absolute Gasteiger partial charge is 0.434 e. The fraction of sp³-hybridized carbons (Fsp3) is 0.419. The molecule has 14 heteroatoms. The summed E-state index contributed by atoms with van der Waals surface area (Å²) < 4.78 is 70.1. The third-order valence-electron chi connectivity index (χ3n) is 7.64. The fourth-order valence-corrected chi connectivity index (χ4v) is 5.36. The molecule has 2 aromatic heterocycles. The van der Waals surface area contributed by atoms with E-state index in [9.17, 15) is 18.4 Å². The molecule has 0 aliphatic carbocycles. The van der Waals surface area contributed by atoms with Gasteiger partial charge in [0.2, 0.25) is 11.9 Å².